The number of carboxylic acids is 1. The molecule has 0 atom stereocenters. The lowest BCUT2D eigenvalue weighted by molar-refractivity contribution is -0.136. The minimum atomic E-state index is -3.45. The second kappa shape index (κ2) is 15.4. The zero-order chi connectivity index (χ0) is 34.6. The van der Waals surface area contributed by atoms with Gasteiger partial charge < -0.3 is 19.5 Å². The zero-order valence-electron chi connectivity index (χ0n) is 28.2. The van der Waals surface area contributed by atoms with Gasteiger partial charge in [-0.15, -0.1) is 0 Å². The van der Waals surface area contributed by atoms with Gasteiger partial charge in [-0.25, -0.2) is 17.5 Å². The Hall–Kier alpha value is -3.46. The van der Waals surface area contributed by atoms with Crippen molar-refractivity contribution in [2.45, 2.75) is 78.4 Å². The number of hydrogen-bond acceptors (Lipinski definition) is 10. The summed E-state index contributed by atoms with van der Waals surface area (Å²) in [5.41, 5.74) is 6.18. The molecule has 2 aliphatic rings. The van der Waals surface area contributed by atoms with Gasteiger partial charge >= 0.3 is 5.97 Å². The van der Waals surface area contributed by atoms with Crippen LogP contribution in [-0.2, 0) is 32.4 Å². The van der Waals surface area contributed by atoms with E-state index in [4.69, 9.17) is 19.4 Å². The van der Waals surface area contributed by atoms with Crippen molar-refractivity contribution in [3.8, 4) is 16.9 Å². The highest BCUT2D eigenvalue weighted by molar-refractivity contribution is 7.90. The van der Waals surface area contributed by atoms with E-state index in [0.29, 0.717) is 96.8 Å². The van der Waals surface area contributed by atoms with Gasteiger partial charge in [-0.2, -0.15) is 9.36 Å². The molecule has 1 fully saturated rings. The van der Waals surface area contributed by atoms with E-state index in [2.05, 4.69) is 9.10 Å². The average molecular weight is 702 g/mol. The summed E-state index contributed by atoms with van der Waals surface area (Å²) in [5.74, 6) is -0.693. The molecule has 0 amide bonds. The Kier molecular flexibility index (Phi) is 11.5. The first-order valence-corrected chi connectivity index (χ1v) is 18.7. The molecule has 2 aliphatic heterocycles. The first kappa shape index (κ1) is 35.8. The van der Waals surface area contributed by atoms with E-state index in [-0.39, 0.29) is 18.7 Å². The number of aliphatic carboxylic acids is 1. The number of sulfonamides is 1. The van der Waals surface area contributed by atoms with Crippen LogP contribution in [0.2, 0.25) is 0 Å². The fraction of sp³-hybridized carbons (Fsp3) is 0.529. The molecule has 0 aliphatic carbocycles. The first-order valence-electron chi connectivity index (χ1n) is 16.4. The molecule has 1 saturated heterocycles. The number of aromatic nitrogens is 3. The predicted molar refractivity (Wildman–Crippen MR) is 186 cm³/mol. The van der Waals surface area contributed by atoms with E-state index in [9.17, 15) is 18.3 Å². The Bertz CT molecular complexity index is 1800. The molecule has 0 spiro atoms. The predicted octanol–water partition coefficient (Wildman–Crippen LogP) is 5.49. The van der Waals surface area contributed by atoms with Crippen LogP contribution in [0.1, 0.15) is 78.2 Å². The Labute approximate surface area is 285 Å². The number of pyridine rings is 1. The van der Waals surface area contributed by atoms with E-state index in [1.54, 1.807) is 6.92 Å². The number of allylic oxidation sites excluding steroid dienone is 1. The molecule has 0 saturated carbocycles. The maximum atomic E-state index is 15.5. The molecule has 0 radical (unpaired) electrons. The molecule has 0 unspecified atom stereocenters. The number of halogens is 1. The lowest BCUT2D eigenvalue weighted by atomic mass is 9.85. The molecular formula is C34H44FN5O6S2. The summed E-state index contributed by atoms with van der Waals surface area (Å²) < 4.78 is 59.5. The molecule has 2 aromatic heterocycles. The third-order valence-corrected chi connectivity index (χ3v) is 11.7. The highest BCUT2D eigenvalue weighted by Gasteiger charge is 2.28. The molecule has 5 rings (SSSR count). The topological polar surface area (TPSA) is 144 Å². The van der Waals surface area contributed by atoms with Crippen molar-refractivity contribution in [1.82, 2.24) is 19.1 Å². The van der Waals surface area contributed by atoms with E-state index in [0.717, 1.165) is 29.5 Å². The van der Waals surface area contributed by atoms with Gasteiger partial charge in [0.1, 0.15) is 5.01 Å². The molecular weight excluding hydrogens is 658 g/mol. The van der Waals surface area contributed by atoms with Crippen LogP contribution in [0.15, 0.2) is 6.07 Å². The minimum Gasteiger partial charge on any atom is -0.490 e. The van der Waals surface area contributed by atoms with Gasteiger partial charge in [0, 0.05) is 55.4 Å². The minimum absolute atomic E-state index is 0.231. The van der Waals surface area contributed by atoms with Crippen molar-refractivity contribution in [2.75, 3.05) is 44.4 Å². The Balaban J connectivity index is 1.48. The Morgan fingerprint density at radius 1 is 1.17 bits per heavy atom. The molecule has 11 nitrogen and oxygen atoms in total. The van der Waals surface area contributed by atoms with Crippen molar-refractivity contribution in [3.05, 3.63) is 50.5 Å². The molecule has 4 heterocycles. The number of benzene rings is 1. The van der Waals surface area contributed by atoms with E-state index in [1.807, 2.05) is 38.7 Å². The van der Waals surface area contributed by atoms with Crippen molar-refractivity contribution in [3.63, 3.8) is 0 Å². The number of carboxylic acid groups (broad SMARTS) is 1. The van der Waals surface area contributed by atoms with Crippen molar-refractivity contribution < 1.29 is 32.2 Å². The van der Waals surface area contributed by atoms with Gasteiger partial charge in [-0.3, -0.25) is 9.78 Å². The first-order chi connectivity index (χ1) is 22.9. The third-order valence-electron chi connectivity index (χ3n) is 8.95. The number of nitrogens with zero attached hydrogens (tertiary/aromatic N) is 4. The van der Waals surface area contributed by atoms with Gasteiger partial charge in [0.25, 0.3) is 0 Å². The SMILES string of the molecule is CCCN(CCNS(=O)(=O)C1CCOCC1)c1nsc(/C(C)=C/c2c(C)nc(C)c(CC(=O)O)c2-c2cc(F)c3c(c2C)CCCO3)n1. The summed E-state index contributed by atoms with van der Waals surface area (Å²) in [6.07, 6.45) is 4.90. The van der Waals surface area contributed by atoms with Gasteiger partial charge in [-0.05, 0) is 111 Å². The largest absolute Gasteiger partial charge is 0.490 e. The molecule has 0 bridgehead atoms. The highest BCUT2D eigenvalue weighted by Crippen LogP contribution is 2.42. The monoisotopic (exact) mass is 701 g/mol. The number of anilines is 1. The summed E-state index contributed by atoms with van der Waals surface area (Å²) in [6, 6.07) is 1.45. The molecule has 260 valence electrons. The number of nitrogens with one attached hydrogen (secondary N) is 1. The third kappa shape index (κ3) is 7.88. The van der Waals surface area contributed by atoms with Crippen LogP contribution < -0.4 is 14.4 Å². The summed E-state index contributed by atoms with van der Waals surface area (Å²) in [4.78, 5) is 23.6. The lowest BCUT2D eigenvalue weighted by Crippen LogP contribution is -2.42. The van der Waals surface area contributed by atoms with E-state index < -0.39 is 27.1 Å². The van der Waals surface area contributed by atoms with Crippen LogP contribution in [0.4, 0.5) is 10.3 Å². The second-order valence-corrected chi connectivity index (χ2v) is 15.2. The number of hydrogen-bond donors (Lipinski definition) is 2. The van der Waals surface area contributed by atoms with Crippen molar-refractivity contribution >= 4 is 45.1 Å². The van der Waals surface area contributed by atoms with Crippen LogP contribution in [0.5, 0.6) is 5.75 Å². The van der Waals surface area contributed by atoms with Gasteiger partial charge in [0.05, 0.1) is 18.3 Å². The number of ether oxygens (including phenoxy) is 2. The maximum Gasteiger partial charge on any atom is 0.307 e. The van der Waals surface area contributed by atoms with Crippen molar-refractivity contribution in [1.29, 1.82) is 0 Å². The smallest absolute Gasteiger partial charge is 0.307 e. The van der Waals surface area contributed by atoms with Gasteiger partial charge in [-0.1, -0.05) is 6.92 Å². The maximum absolute atomic E-state index is 15.5. The highest BCUT2D eigenvalue weighted by atomic mass is 32.2. The molecule has 1 aromatic carbocycles. The summed E-state index contributed by atoms with van der Waals surface area (Å²) >= 11 is 1.23. The average Bonchev–Trinajstić information content (AvgIpc) is 3.56. The standard InChI is InChI=1S/C34H44FN5O6S2/c1-6-12-40(13-11-36-48(43,44)24-9-15-45-16-10-24)34-38-33(47-39-34)20(2)17-27-22(4)37-23(5)28(19-30(41)42)31(27)26-18-29(35)32-25(21(26)3)8-7-14-46-32/h17-18,24,36H,6-16,19H2,1-5H3,(H,41,42)/b20-17+. The fourth-order valence-electron chi connectivity index (χ4n) is 6.46. The lowest BCUT2D eigenvalue weighted by Gasteiger charge is -2.24. The van der Waals surface area contributed by atoms with Gasteiger partial charge in [0.2, 0.25) is 16.0 Å². The summed E-state index contributed by atoms with van der Waals surface area (Å²) in [5, 5.41) is 10.1. The number of carbonyl (C=O) groups is 1. The van der Waals surface area contributed by atoms with Gasteiger partial charge in [0.15, 0.2) is 11.6 Å². The Morgan fingerprint density at radius 3 is 2.62 bits per heavy atom. The molecule has 48 heavy (non-hydrogen) atoms. The van der Waals surface area contributed by atoms with Crippen LogP contribution in [0.3, 0.4) is 0 Å². The van der Waals surface area contributed by atoms with Crippen LogP contribution in [-0.4, -0.2) is 78.5 Å². The zero-order valence-corrected chi connectivity index (χ0v) is 29.8. The summed E-state index contributed by atoms with van der Waals surface area (Å²) in [6.45, 7) is 12.2. The number of aryl methyl sites for hydroxylation is 2. The second-order valence-electron chi connectivity index (χ2n) is 12.4. The molecule has 14 heteroatoms. The van der Waals surface area contributed by atoms with Crippen LogP contribution in [0, 0.1) is 26.6 Å². The number of rotatable bonds is 13. The van der Waals surface area contributed by atoms with Crippen LogP contribution >= 0.6 is 11.5 Å². The normalized spacial score (nSPS) is 15.7. The molecule has 2 N–H and O–H groups in total. The van der Waals surface area contributed by atoms with E-state index >= 15 is 4.39 Å². The van der Waals surface area contributed by atoms with Crippen molar-refractivity contribution in [2.24, 2.45) is 0 Å². The van der Waals surface area contributed by atoms with E-state index in [1.165, 1.54) is 17.6 Å². The summed E-state index contributed by atoms with van der Waals surface area (Å²) in [7, 11) is -3.45. The quantitative estimate of drug-likeness (QED) is 0.235. The molecule has 3 aromatic rings. The Morgan fingerprint density at radius 2 is 1.92 bits per heavy atom. The fourth-order valence-corrected chi connectivity index (χ4v) is 8.54. The van der Waals surface area contributed by atoms with Crippen LogP contribution in [0.25, 0.3) is 22.8 Å². The number of fused-ring (bicyclic) bond motifs is 1.